The van der Waals surface area contributed by atoms with Gasteiger partial charge in [0.15, 0.2) is 0 Å². The van der Waals surface area contributed by atoms with E-state index in [1.54, 1.807) is 26.4 Å². The molecule has 0 spiro atoms. The first-order chi connectivity index (χ1) is 9.19. The van der Waals surface area contributed by atoms with Gasteiger partial charge in [0.25, 0.3) is 0 Å². The molecule has 0 aliphatic carbocycles. The van der Waals surface area contributed by atoms with Crippen LogP contribution < -0.4 is 0 Å². The lowest BCUT2D eigenvalue weighted by molar-refractivity contribution is -0.00461. The van der Waals surface area contributed by atoms with Crippen molar-refractivity contribution in [1.29, 1.82) is 0 Å². The van der Waals surface area contributed by atoms with Crippen LogP contribution in [-0.4, -0.2) is 49.5 Å². The molecule has 3 atom stereocenters. The molecule has 0 amide bonds. The highest BCUT2D eigenvalue weighted by atomic mass is 16.5. The van der Waals surface area contributed by atoms with Crippen LogP contribution in [0, 0.1) is 0 Å². The number of rotatable bonds is 5. The lowest BCUT2D eigenvalue weighted by atomic mass is 10.0. The molecule has 1 aromatic carbocycles. The average Bonchev–Trinajstić information content (AvgIpc) is 2.85. The first kappa shape index (κ1) is 14.3. The molecule has 1 saturated heterocycles. The Bertz CT molecular complexity index is 381. The minimum absolute atomic E-state index is 0.135. The van der Waals surface area contributed by atoms with Crippen molar-refractivity contribution in [3.8, 4) is 5.75 Å². The van der Waals surface area contributed by atoms with E-state index in [9.17, 15) is 5.11 Å². The van der Waals surface area contributed by atoms with Crippen molar-refractivity contribution < 1.29 is 14.6 Å². The lowest BCUT2D eigenvalue weighted by Gasteiger charge is -2.27. The van der Waals surface area contributed by atoms with Crippen LogP contribution >= 0.6 is 0 Å². The zero-order chi connectivity index (χ0) is 13.8. The number of ether oxygens (including phenoxy) is 2. The van der Waals surface area contributed by atoms with Gasteiger partial charge in [-0.25, -0.2) is 0 Å². The first-order valence-corrected chi connectivity index (χ1v) is 6.78. The number of hydrogen-bond donors (Lipinski definition) is 1. The van der Waals surface area contributed by atoms with Crippen molar-refractivity contribution in [3.05, 3.63) is 29.8 Å². The number of phenolic OH excluding ortho intramolecular Hbond substituents is 1. The maximum atomic E-state index is 9.38. The summed E-state index contributed by atoms with van der Waals surface area (Å²) in [7, 11) is 3.48. The molecule has 1 fully saturated rings. The third-order valence-electron chi connectivity index (χ3n) is 3.95. The van der Waals surface area contributed by atoms with Crippen LogP contribution in [0.5, 0.6) is 5.75 Å². The van der Waals surface area contributed by atoms with Crippen LogP contribution in [0.2, 0.25) is 0 Å². The van der Waals surface area contributed by atoms with E-state index in [-0.39, 0.29) is 12.2 Å². The molecule has 19 heavy (non-hydrogen) atoms. The minimum atomic E-state index is 0.135. The largest absolute Gasteiger partial charge is 0.508 e. The average molecular weight is 265 g/mol. The third-order valence-corrected chi connectivity index (χ3v) is 3.95. The highest BCUT2D eigenvalue weighted by Gasteiger charge is 2.36. The quantitative estimate of drug-likeness (QED) is 0.886. The predicted molar refractivity (Wildman–Crippen MR) is 74.3 cm³/mol. The Morgan fingerprint density at radius 2 is 1.68 bits per heavy atom. The maximum absolute atomic E-state index is 9.38. The van der Waals surface area contributed by atoms with Crippen LogP contribution in [0.1, 0.15) is 24.9 Å². The van der Waals surface area contributed by atoms with E-state index >= 15 is 0 Å². The van der Waals surface area contributed by atoms with Gasteiger partial charge in [-0.2, -0.15) is 0 Å². The Labute approximate surface area is 114 Å². The Balaban J connectivity index is 2.12. The number of hydrogen-bond acceptors (Lipinski definition) is 4. The van der Waals surface area contributed by atoms with E-state index in [4.69, 9.17) is 9.47 Å². The maximum Gasteiger partial charge on any atom is 0.115 e. The minimum Gasteiger partial charge on any atom is -0.508 e. The normalized spacial score (nSPS) is 25.6. The van der Waals surface area contributed by atoms with Gasteiger partial charge in [0, 0.05) is 33.4 Å². The molecule has 3 unspecified atom stereocenters. The van der Waals surface area contributed by atoms with Gasteiger partial charge >= 0.3 is 0 Å². The number of phenols is 1. The van der Waals surface area contributed by atoms with E-state index in [0.717, 1.165) is 19.5 Å². The van der Waals surface area contributed by atoms with Crippen molar-refractivity contribution in [2.24, 2.45) is 0 Å². The first-order valence-electron chi connectivity index (χ1n) is 6.78. The van der Waals surface area contributed by atoms with Gasteiger partial charge in [0.05, 0.1) is 12.2 Å². The van der Waals surface area contributed by atoms with Crippen molar-refractivity contribution in [2.75, 3.05) is 27.3 Å². The summed E-state index contributed by atoms with van der Waals surface area (Å²) >= 11 is 0. The second-order valence-corrected chi connectivity index (χ2v) is 5.02. The van der Waals surface area contributed by atoms with Gasteiger partial charge in [0.1, 0.15) is 5.75 Å². The molecule has 1 aliphatic heterocycles. The van der Waals surface area contributed by atoms with Crippen LogP contribution in [0.3, 0.4) is 0 Å². The van der Waals surface area contributed by atoms with Crippen molar-refractivity contribution in [2.45, 2.75) is 31.6 Å². The summed E-state index contributed by atoms with van der Waals surface area (Å²) < 4.78 is 11.0. The van der Waals surface area contributed by atoms with Crippen LogP contribution in [0.15, 0.2) is 24.3 Å². The van der Waals surface area contributed by atoms with Gasteiger partial charge in [-0.05, 0) is 24.1 Å². The zero-order valence-electron chi connectivity index (χ0n) is 11.9. The van der Waals surface area contributed by atoms with Gasteiger partial charge in [-0.1, -0.05) is 19.1 Å². The van der Waals surface area contributed by atoms with Gasteiger partial charge in [-0.3, -0.25) is 4.90 Å². The predicted octanol–water partition coefficient (Wildman–Crippen LogP) is 2.19. The molecule has 0 saturated carbocycles. The highest BCUT2D eigenvalue weighted by molar-refractivity contribution is 5.28. The Morgan fingerprint density at radius 3 is 2.11 bits per heavy atom. The van der Waals surface area contributed by atoms with E-state index in [2.05, 4.69) is 11.8 Å². The molecule has 0 aromatic heterocycles. The fourth-order valence-electron chi connectivity index (χ4n) is 2.88. The van der Waals surface area contributed by atoms with E-state index in [1.807, 2.05) is 12.1 Å². The van der Waals surface area contributed by atoms with Crippen LogP contribution in [-0.2, 0) is 9.47 Å². The van der Waals surface area contributed by atoms with Crippen LogP contribution in [0.4, 0.5) is 0 Å². The Kier molecular flexibility index (Phi) is 4.80. The Hall–Kier alpha value is -1.10. The Morgan fingerprint density at radius 1 is 1.16 bits per heavy atom. The number of nitrogens with zero attached hydrogens (tertiary/aromatic N) is 1. The summed E-state index contributed by atoms with van der Waals surface area (Å²) in [6.45, 7) is 3.95. The topological polar surface area (TPSA) is 41.9 Å². The molecular formula is C15H23NO3. The monoisotopic (exact) mass is 265 g/mol. The van der Waals surface area contributed by atoms with E-state index in [1.165, 1.54) is 5.56 Å². The molecule has 2 rings (SSSR count). The van der Waals surface area contributed by atoms with Crippen molar-refractivity contribution in [3.63, 3.8) is 0 Å². The highest BCUT2D eigenvalue weighted by Crippen LogP contribution is 2.30. The van der Waals surface area contributed by atoms with Crippen LogP contribution in [0.25, 0.3) is 0 Å². The fourth-order valence-corrected chi connectivity index (χ4v) is 2.88. The molecule has 4 heteroatoms. The number of likely N-dealkylation sites (tertiary alicyclic amines) is 1. The molecule has 0 bridgehead atoms. The van der Waals surface area contributed by atoms with E-state index in [0.29, 0.717) is 11.8 Å². The second-order valence-electron chi connectivity index (χ2n) is 5.02. The summed E-state index contributed by atoms with van der Waals surface area (Å²) in [5.74, 6) is 0.310. The molecule has 1 heterocycles. The van der Waals surface area contributed by atoms with Crippen molar-refractivity contribution >= 4 is 0 Å². The summed E-state index contributed by atoms with van der Waals surface area (Å²) in [6, 6.07) is 7.82. The second kappa shape index (κ2) is 6.37. The standard InChI is InChI=1S/C15H23NO3/c1-4-13(11-5-7-12(17)8-6-11)16-9-14(18-2)15(10-16)19-3/h5-8,13-15,17H,4,9-10H2,1-3H3. The van der Waals surface area contributed by atoms with Gasteiger partial charge in [-0.15, -0.1) is 0 Å². The number of aromatic hydroxyl groups is 1. The molecule has 106 valence electrons. The van der Waals surface area contributed by atoms with Gasteiger partial charge in [0.2, 0.25) is 0 Å². The summed E-state index contributed by atoms with van der Waals surface area (Å²) in [5, 5.41) is 9.38. The molecular weight excluding hydrogens is 242 g/mol. The van der Waals surface area contributed by atoms with Crippen molar-refractivity contribution in [1.82, 2.24) is 4.90 Å². The van der Waals surface area contributed by atoms with E-state index < -0.39 is 0 Å². The molecule has 1 aliphatic rings. The molecule has 1 aromatic rings. The fraction of sp³-hybridized carbons (Fsp3) is 0.600. The smallest absolute Gasteiger partial charge is 0.115 e. The lowest BCUT2D eigenvalue weighted by Crippen LogP contribution is -2.27. The zero-order valence-corrected chi connectivity index (χ0v) is 11.9. The summed E-state index contributed by atoms with van der Waals surface area (Å²) in [5.41, 5.74) is 1.23. The number of methoxy groups -OCH3 is 2. The molecule has 0 radical (unpaired) electrons. The SMILES string of the molecule is CCC(c1ccc(O)cc1)N1CC(OC)C(OC)C1. The molecule has 4 nitrogen and oxygen atoms in total. The molecule has 1 N–H and O–H groups in total. The number of benzene rings is 1. The summed E-state index contributed by atoms with van der Waals surface area (Å²) in [4.78, 5) is 2.40. The third kappa shape index (κ3) is 3.08. The van der Waals surface area contributed by atoms with Gasteiger partial charge < -0.3 is 14.6 Å². The summed E-state index contributed by atoms with van der Waals surface area (Å²) in [6.07, 6.45) is 1.30.